The molecule has 7 nitrogen and oxygen atoms in total. The molecule has 0 saturated heterocycles. The number of aromatic nitrogens is 5. The van der Waals surface area contributed by atoms with Gasteiger partial charge in [-0.2, -0.15) is 23.4 Å². The predicted octanol–water partition coefficient (Wildman–Crippen LogP) is 5.26. The summed E-state index contributed by atoms with van der Waals surface area (Å²) in [6.07, 6.45) is -2.92. The Balaban J connectivity index is 1.53. The van der Waals surface area contributed by atoms with Crippen LogP contribution >= 0.6 is 23.2 Å². The van der Waals surface area contributed by atoms with E-state index in [4.69, 9.17) is 23.2 Å². The van der Waals surface area contributed by atoms with Gasteiger partial charge in [-0.1, -0.05) is 29.3 Å². The molecule has 12 heteroatoms. The number of anilines is 1. The second-order valence-electron chi connectivity index (χ2n) is 7.40. The zero-order valence-electron chi connectivity index (χ0n) is 17.4. The minimum absolute atomic E-state index is 0.00568. The average molecular weight is 497 g/mol. The first-order chi connectivity index (χ1) is 15.5. The third-order valence-corrected chi connectivity index (χ3v) is 5.60. The van der Waals surface area contributed by atoms with E-state index in [0.29, 0.717) is 22.2 Å². The van der Waals surface area contributed by atoms with Crippen LogP contribution in [0.5, 0.6) is 0 Å². The molecule has 1 aromatic carbocycles. The number of fused-ring (bicyclic) bond motifs is 1. The van der Waals surface area contributed by atoms with Gasteiger partial charge in [-0.15, -0.1) is 0 Å². The van der Waals surface area contributed by atoms with Crippen molar-refractivity contribution < 1.29 is 18.0 Å². The highest BCUT2D eigenvalue weighted by Gasteiger charge is 2.35. The summed E-state index contributed by atoms with van der Waals surface area (Å²) in [6.45, 7) is 2.87. The lowest BCUT2D eigenvalue weighted by molar-refractivity contribution is -0.136. The number of pyridine rings is 1. The van der Waals surface area contributed by atoms with E-state index in [9.17, 15) is 18.0 Å². The third-order valence-electron chi connectivity index (χ3n) is 4.89. The van der Waals surface area contributed by atoms with Gasteiger partial charge in [0.1, 0.15) is 6.54 Å². The van der Waals surface area contributed by atoms with Crippen LogP contribution in [-0.4, -0.2) is 30.5 Å². The molecule has 0 spiro atoms. The number of carbonyl (C=O) groups is 1. The molecule has 33 heavy (non-hydrogen) atoms. The van der Waals surface area contributed by atoms with Crippen LogP contribution < -0.4 is 5.32 Å². The Morgan fingerprint density at radius 1 is 1.12 bits per heavy atom. The molecule has 4 rings (SSSR count). The first-order valence-electron chi connectivity index (χ1n) is 9.71. The first kappa shape index (κ1) is 23.1. The van der Waals surface area contributed by atoms with Crippen molar-refractivity contribution in [2.45, 2.75) is 33.1 Å². The van der Waals surface area contributed by atoms with Crippen LogP contribution in [0.3, 0.4) is 0 Å². The van der Waals surface area contributed by atoms with E-state index < -0.39 is 17.6 Å². The van der Waals surface area contributed by atoms with Crippen molar-refractivity contribution in [1.82, 2.24) is 24.5 Å². The van der Waals surface area contributed by atoms with E-state index in [1.54, 1.807) is 35.1 Å². The molecule has 0 bridgehead atoms. The van der Waals surface area contributed by atoms with Gasteiger partial charge in [0.05, 0.1) is 23.2 Å². The molecule has 0 unspecified atom stereocenters. The molecular weight excluding hydrogens is 480 g/mol. The number of alkyl halides is 3. The van der Waals surface area contributed by atoms with Gasteiger partial charge >= 0.3 is 6.18 Å². The molecule has 0 aliphatic heterocycles. The topological polar surface area (TPSA) is 77.6 Å². The number of benzene rings is 1. The summed E-state index contributed by atoms with van der Waals surface area (Å²) in [7, 11) is 0. The van der Waals surface area contributed by atoms with Crippen LogP contribution in [0.1, 0.15) is 22.5 Å². The number of aryl methyl sites for hydroxylation is 2. The number of nitrogens with one attached hydrogen (secondary N) is 1. The molecule has 4 aromatic rings. The van der Waals surface area contributed by atoms with Crippen molar-refractivity contribution in [2.75, 3.05) is 5.32 Å². The van der Waals surface area contributed by atoms with Gasteiger partial charge in [-0.25, -0.2) is 9.67 Å². The number of hydrogen-bond acceptors (Lipinski definition) is 4. The van der Waals surface area contributed by atoms with Crippen LogP contribution in [0.4, 0.5) is 19.0 Å². The maximum absolute atomic E-state index is 13.5. The third kappa shape index (κ3) is 4.81. The Bertz CT molecular complexity index is 1340. The monoisotopic (exact) mass is 496 g/mol. The number of halogens is 5. The number of hydrogen-bond donors (Lipinski definition) is 1. The van der Waals surface area contributed by atoms with Gasteiger partial charge in [0, 0.05) is 33.6 Å². The van der Waals surface area contributed by atoms with E-state index in [1.165, 1.54) is 13.8 Å². The number of nitrogens with zero attached hydrogens (tertiary/aromatic N) is 5. The smallest absolute Gasteiger partial charge is 0.308 e. The van der Waals surface area contributed by atoms with Crippen molar-refractivity contribution >= 4 is 46.0 Å². The van der Waals surface area contributed by atoms with Crippen LogP contribution in [0.2, 0.25) is 10.0 Å². The van der Waals surface area contributed by atoms with E-state index >= 15 is 0 Å². The molecule has 1 N–H and O–H groups in total. The van der Waals surface area contributed by atoms with E-state index in [0.717, 1.165) is 10.7 Å². The van der Waals surface area contributed by atoms with Crippen molar-refractivity contribution in [3.8, 4) is 0 Å². The maximum Gasteiger partial charge on any atom is 0.417 e. The summed E-state index contributed by atoms with van der Waals surface area (Å²) >= 11 is 12.4. The molecular formula is C21H17Cl2F3N6O. The number of rotatable bonds is 5. The first-order valence-corrected chi connectivity index (χ1v) is 10.5. The zero-order valence-corrected chi connectivity index (χ0v) is 18.9. The molecule has 3 aromatic heterocycles. The Labute approximate surface area is 196 Å². The Hall–Kier alpha value is -3.11. The Morgan fingerprint density at radius 2 is 1.82 bits per heavy atom. The van der Waals surface area contributed by atoms with Gasteiger partial charge in [0.15, 0.2) is 11.5 Å². The summed E-state index contributed by atoms with van der Waals surface area (Å²) in [4.78, 5) is 16.7. The lowest BCUT2D eigenvalue weighted by Crippen LogP contribution is -2.20. The summed E-state index contributed by atoms with van der Waals surface area (Å²) in [5.74, 6) is -0.256. The highest BCUT2D eigenvalue weighted by atomic mass is 35.5. The summed E-state index contributed by atoms with van der Waals surface area (Å²) in [5, 5.41) is 11.8. The van der Waals surface area contributed by atoms with Crippen molar-refractivity contribution in [1.29, 1.82) is 0 Å². The predicted molar refractivity (Wildman–Crippen MR) is 118 cm³/mol. The fourth-order valence-corrected chi connectivity index (χ4v) is 4.01. The summed E-state index contributed by atoms with van der Waals surface area (Å²) < 4.78 is 43.1. The minimum Gasteiger partial charge on any atom is -0.308 e. The number of carbonyl (C=O) groups excluding carboxylic acids is 1. The molecule has 0 saturated carbocycles. The number of amides is 1. The fourth-order valence-electron chi connectivity index (χ4n) is 3.49. The zero-order chi connectivity index (χ0) is 23.9. The Morgan fingerprint density at radius 3 is 2.48 bits per heavy atom. The molecule has 0 fully saturated rings. The lowest BCUT2D eigenvalue weighted by Gasteiger charge is -2.10. The largest absolute Gasteiger partial charge is 0.417 e. The van der Waals surface area contributed by atoms with E-state index in [1.807, 2.05) is 0 Å². The fraction of sp³-hybridized carbons (Fsp3) is 0.238. The highest BCUT2D eigenvalue weighted by molar-refractivity contribution is 6.35. The minimum atomic E-state index is -4.57. The molecule has 1 amide bonds. The molecule has 0 atom stereocenters. The van der Waals surface area contributed by atoms with Gasteiger partial charge < -0.3 is 5.32 Å². The van der Waals surface area contributed by atoms with Crippen molar-refractivity contribution in [2.24, 2.45) is 0 Å². The van der Waals surface area contributed by atoms with Crippen molar-refractivity contribution in [3.63, 3.8) is 0 Å². The second kappa shape index (κ2) is 8.68. The molecule has 3 heterocycles. The molecule has 0 aliphatic rings. The highest BCUT2D eigenvalue weighted by Crippen LogP contribution is 2.36. The average Bonchev–Trinajstić information content (AvgIpc) is 3.27. The van der Waals surface area contributed by atoms with Crippen LogP contribution in [-0.2, 0) is 24.1 Å². The van der Waals surface area contributed by atoms with Crippen LogP contribution in [0.25, 0.3) is 11.0 Å². The molecule has 172 valence electrons. The van der Waals surface area contributed by atoms with Crippen LogP contribution in [0, 0.1) is 13.8 Å². The SMILES string of the molecule is Cc1cc(C(F)(F)F)c2c(C)nn(CC(=O)Nc3ccn(Cc4c(Cl)cccc4Cl)n3)c2n1. The standard InChI is InChI=1S/C21H17Cl2F3N6O/c1-11-8-14(21(24,25)26)19-12(2)29-32(20(19)27-11)10-18(33)28-17-6-7-31(30-17)9-13-15(22)4-3-5-16(13)23/h3-8H,9-10H2,1-2H3,(H,28,30,33). The van der Waals surface area contributed by atoms with Crippen molar-refractivity contribution in [3.05, 3.63) is 69.1 Å². The maximum atomic E-state index is 13.5. The van der Waals surface area contributed by atoms with Gasteiger partial charge in [0.2, 0.25) is 5.91 Å². The van der Waals surface area contributed by atoms with E-state index in [-0.39, 0.29) is 34.8 Å². The summed E-state index contributed by atoms with van der Waals surface area (Å²) in [6, 6.07) is 7.72. The molecule has 0 aliphatic carbocycles. The quantitative estimate of drug-likeness (QED) is 0.408. The molecule has 0 radical (unpaired) electrons. The van der Waals surface area contributed by atoms with Gasteiger partial charge in [-0.05, 0) is 32.0 Å². The summed E-state index contributed by atoms with van der Waals surface area (Å²) in [5.41, 5.74) is 0.161. The van der Waals surface area contributed by atoms with E-state index in [2.05, 4.69) is 20.5 Å². The second-order valence-corrected chi connectivity index (χ2v) is 8.21. The van der Waals surface area contributed by atoms with Crippen LogP contribution in [0.15, 0.2) is 36.5 Å². The van der Waals surface area contributed by atoms with Gasteiger partial charge in [0.25, 0.3) is 0 Å². The Kier molecular flexibility index (Phi) is 6.06. The lowest BCUT2D eigenvalue weighted by atomic mass is 10.1. The van der Waals surface area contributed by atoms with Gasteiger partial charge in [-0.3, -0.25) is 9.48 Å². The normalized spacial score (nSPS) is 11.8.